The number of benzene rings is 2. The van der Waals surface area contributed by atoms with E-state index in [1.807, 2.05) is 47.4 Å². The lowest BCUT2D eigenvalue weighted by atomic mass is 9.48. The zero-order valence-electron chi connectivity index (χ0n) is 26.8. The zero-order chi connectivity index (χ0) is 31.5. The van der Waals surface area contributed by atoms with Gasteiger partial charge in [0.2, 0.25) is 5.91 Å². The Kier molecular flexibility index (Phi) is 7.54. The molecule has 3 aliphatic carbocycles. The average molecular weight is 613 g/mol. The summed E-state index contributed by atoms with van der Waals surface area (Å²) in [6.07, 6.45) is 8.31. The molecule has 2 bridgehead atoms. The molecule has 2 aliphatic heterocycles. The van der Waals surface area contributed by atoms with Crippen molar-refractivity contribution in [3.8, 4) is 11.5 Å². The largest absolute Gasteiger partial charge is 0.483 e. The van der Waals surface area contributed by atoms with Gasteiger partial charge in [0, 0.05) is 38.6 Å². The summed E-state index contributed by atoms with van der Waals surface area (Å²) in [7, 11) is 0. The van der Waals surface area contributed by atoms with Crippen molar-refractivity contribution in [2.75, 3.05) is 19.6 Å². The number of hydrogen-bond acceptors (Lipinski definition) is 7. The van der Waals surface area contributed by atoms with Gasteiger partial charge in [0.15, 0.2) is 11.5 Å². The van der Waals surface area contributed by atoms with Crippen LogP contribution in [0.2, 0.25) is 0 Å². The van der Waals surface area contributed by atoms with E-state index < -0.39 is 23.1 Å². The highest BCUT2D eigenvalue weighted by atomic mass is 16.6. The van der Waals surface area contributed by atoms with Gasteiger partial charge in [-0.1, -0.05) is 50.2 Å². The second kappa shape index (κ2) is 11.3. The third-order valence-electron chi connectivity index (χ3n) is 10.7. The van der Waals surface area contributed by atoms with Crippen molar-refractivity contribution in [3.05, 3.63) is 65.2 Å². The molecule has 5 aliphatic rings. The number of esters is 2. The average Bonchev–Trinajstić information content (AvgIpc) is 3.74. The molecule has 2 heterocycles. The van der Waals surface area contributed by atoms with E-state index in [1.165, 1.54) is 26.7 Å². The first kappa shape index (κ1) is 30.0. The Morgan fingerprint density at radius 1 is 1.04 bits per heavy atom. The number of carbonyl (C=O) groups is 3. The molecule has 1 saturated heterocycles. The molecular weight excluding hydrogens is 568 g/mol. The Hall–Kier alpha value is -3.65. The van der Waals surface area contributed by atoms with Crippen molar-refractivity contribution in [2.24, 2.45) is 11.8 Å². The Morgan fingerprint density at radius 3 is 2.51 bits per heavy atom. The van der Waals surface area contributed by atoms with Gasteiger partial charge < -0.3 is 19.1 Å². The Balaban J connectivity index is 1.36. The maximum atomic E-state index is 14.1. The summed E-state index contributed by atoms with van der Waals surface area (Å²) in [6, 6.07) is 13.5. The first-order chi connectivity index (χ1) is 21.6. The minimum atomic E-state index is -0.813. The van der Waals surface area contributed by atoms with Crippen molar-refractivity contribution in [2.45, 2.75) is 95.4 Å². The highest BCUT2D eigenvalue weighted by molar-refractivity contribution is 5.92. The van der Waals surface area contributed by atoms with Crippen LogP contribution < -0.4 is 9.47 Å². The van der Waals surface area contributed by atoms with Crippen molar-refractivity contribution >= 4 is 23.9 Å². The molecule has 0 aromatic heterocycles. The third-order valence-corrected chi connectivity index (χ3v) is 10.7. The topological polar surface area (TPSA) is 85.4 Å². The number of hydrogen-bond donors (Lipinski definition) is 0. The molecule has 1 amide bonds. The standard InChI is InChI=1S/C37H44N2O6/c1-23(2)21-39(32(42)15-12-26-8-6-5-7-9-26)29-16-17-37(45-25(4)41)31-20-28-13-14-30(43-24(3)40)34-33(28)36(37,35(29)44-34)18-19-38(31)22-27-10-11-27/h5-9,12-15,23,27,29,31,35H,10-11,16-22H2,1-4H3/t29?,31-,35?,36+,37-/m1/s1. The second-order valence-electron chi connectivity index (χ2n) is 14.2. The predicted molar refractivity (Wildman–Crippen MR) is 170 cm³/mol. The minimum absolute atomic E-state index is 0.00746. The van der Waals surface area contributed by atoms with E-state index in [0.29, 0.717) is 36.8 Å². The van der Waals surface area contributed by atoms with Crippen LogP contribution in [0.5, 0.6) is 11.5 Å². The lowest BCUT2D eigenvalue weighted by Gasteiger charge is -2.65. The summed E-state index contributed by atoms with van der Waals surface area (Å²) in [4.78, 5) is 43.9. The number of piperidine rings is 1. The Labute approximate surface area is 265 Å². The Bertz CT molecular complexity index is 1530. The van der Waals surface area contributed by atoms with Crippen LogP contribution in [0.1, 0.15) is 76.5 Å². The maximum absolute atomic E-state index is 14.1. The first-order valence-electron chi connectivity index (χ1n) is 16.6. The molecular formula is C37H44N2O6. The molecule has 8 nitrogen and oxygen atoms in total. The fraction of sp³-hybridized carbons (Fsp3) is 0.541. The molecule has 238 valence electrons. The van der Waals surface area contributed by atoms with Crippen LogP contribution in [-0.2, 0) is 31.0 Å². The fourth-order valence-corrected chi connectivity index (χ4v) is 9.04. The third kappa shape index (κ3) is 4.96. The van der Waals surface area contributed by atoms with Crippen LogP contribution >= 0.6 is 0 Å². The Morgan fingerprint density at radius 2 is 1.82 bits per heavy atom. The number of likely N-dealkylation sites (tertiary alicyclic amines) is 1. The van der Waals surface area contributed by atoms with Crippen LogP contribution in [0.4, 0.5) is 0 Å². The number of amides is 1. The summed E-state index contributed by atoms with van der Waals surface area (Å²) >= 11 is 0. The van der Waals surface area contributed by atoms with E-state index in [2.05, 4.69) is 24.8 Å². The van der Waals surface area contributed by atoms with Gasteiger partial charge in [0.25, 0.3) is 0 Å². The first-order valence-corrected chi connectivity index (χ1v) is 16.6. The van der Waals surface area contributed by atoms with E-state index in [9.17, 15) is 14.4 Å². The van der Waals surface area contributed by atoms with Gasteiger partial charge >= 0.3 is 11.9 Å². The molecule has 2 aromatic rings. The highest BCUT2D eigenvalue weighted by Gasteiger charge is 2.76. The summed E-state index contributed by atoms with van der Waals surface area (Å²) < 4.78 is 19.4. The van der Waals surface area contributed by atoms with Gasteiger partial charge in [-0.3, -0.25) is 19.3 Å². The van der Waals surface area contributed by atoms with Crippen LogP contribution in [0.15, 0.2) is 48.5 Å². The highest BCUT2D eigenvalue weighted by Crippen LogP contribution is 2.67. The van der Waals surface area contributed by atoms with E-state index in [4.69, 9.17) is 14.2 Å². The van der Waals surface area contributed by atoms with Crippen LogP contribution in [-0.4, -0.2) is 71.1 Å². The van der Waals surface area contributed by atoms with E-state index in [-0.39, 0.29) is 29.9 Å². The molecule has 45 heavy (non-hydrogen) atoms. The monoisotopic (exact) mass is 612 g/mol. The summed E-state index contributed by atoms with van der Waals surface area (Å²) in [6.45, 7) is 9.59. The lowest BCUT2D eigenvalue weighted by Crippen LogP contribution is -2.79. The zero-order valence-corrected chi connectivity index (χ0v) is 26.8. The molecule has 0 radical (unpaired) electrons. The van der Waals surface area contributed by atoms with Crippen molar-refractivity contribution in [1.82, 2.24) is 9.80 Å². The summed E-state index contributed by atoms with van der Waals surface area (Å²) in [5.41, 5.74) is 1.64. The number of rotatable bonds is 9. The quantitative estimate of drug-likeness (QED) is 0.216. The van der Waals surface area contributed by atoms with Gasteiger partial charge in [-0.05, 0) is 80.2 Å². The SMILES string of the molecule is CC(=O)Oc1ccc2c3c1OC1C(N(CC(C)C)C(=O)C=Cc4ccccc4)CC[C@@]4(OC(C)=O)[C@@H](C2)N(CC2CC2)CC[C@]314. The molecule has 5 atom stereocenters. The van der Waals surface area contributed by atoms with Gasteiger partial charge in [-0.15, -0.1) is 0 Å². The lowest BCUT2D eigenvalue weighted by molar-refractivity contribution is -0.224. The minimum Gasteiger partial charge on any atom is -0.483 e. The van der Waals surface area contributed by atoms with Gasteiger partial charge in [-0.25, -0.2) is 0 Å². The molecule has 2 unspecified atom stereocenters. The normalized spacial score (nSPS) is 29.7. The van der Waals surface area contributed by atoms with E-state index in [0.717, 1.165) is 42.6 Å². The molecule has 2 saturated carbocycles. The van der Waals surface area contributed by atoms with Gasteiger partial charge in [0.1, 0.15) is 11.7 Å². The van der Waals surface area contributed by atoms with Crippen LogP contribution in [0.3, 0.4) is 0 Å². The second-order valence-corrected chi connectivity index (χ2v) is 14.2. The van der Waals surface area contributed by atoms with Crippen molar-refractivity contribution in [1.29, 1.82) is 0 Å². The smallest absolute Gasteiger partial charge is 0.308 e. The van der Waals surface area contributed by atoms with Crippen molar-refractivity contribution in [3.63, 3.8) is 0 Å². The molecule has 2 aromatic carbocycles. The van der Waals surface area contributed by atoms with Crippen LogP contribution in [0.25, 0.3) is 6.08 Å². The van der Waals surface area contributed by atoms with Gasteiger partial charge in [-0.2, -0.15) is 0 Å². The predicted octanol–water partition coefficient (Wildman–Crippen LogP) is 5.31. The van der Waals surface area contributed by atoms with Crippen LogP contribution in [0, 0.1) is 11.8 Å². The summed E-state index contributed by atoms with van der Waals surface area (Å²) in [5, 5.41) is 0. The molecule has 1 spiro atoms. The summed E-state index contributed by atoms with van der Waals surface area (Å²) in [5.74, 6) is 1.12. The fourth-order valence-electron chi connectivity index (χ4n) is 9.04. The molecule has 0 N–H and O–H groups in total. The van der Waals surface area contributed by atoms with E-state index >= 15 is 0 Å². The maximum Gasteiger partial charge on any atom is 0.308 e. The van der Waals surface area contributed by atoms with Crippen molar-refractivity contribution < 1.29 is 28.6 Å². The number of nitrogens with zero attached hydrogens (tertiary/aromatic N) is 2. The number of ether oxygens (including phenoxy) is 3. The van der Waals surface area contributed by atoms with E-state index in [1.54, 1.807) is 6.08 Å². The van der Waals surface area contributed by atoms with Gasteiger partial charge in [0.05, 0.1) is 17.5 Å². The molecule has 7 rings (SSSR count). The molecule has 3 fully saturated rings. The molecule has 8 heteroatoms. The number of carbonyl (C=O) groups excluding carboxylic acids is 3.